The second-order valence-electron chi connectivity index (χ2n) is 13.4. The fraction of sp³-hybridized carbons (Fsp3) is 0.692. The van der Waals surface area contributed by atoms with Gasteiger partial charge in [0.25, 0.3) is 0 Å². The molecule has 2 rings (SSSR count). The summed E-state index contributed by atoms with van der Waals surface area (Å²) in [5.41, 5.74) is 28.4. The number of carbonyl (C=O) groups is 10. The van der Waals surface area contributed by atoms with Gasteiger partial charge >= 0.3 is 0 Å². The Morgan fingerprint density at radius 3 is 0.628 bits per heavy atom. The molecule has 1 aliphatic rings. The molecule has 0 aromatic heterocycles. The van der Waals surface area contributed by atoms with Gasteiger partial charge in [0.1, 0.15) is 61.1 Å². The summed E-state index contributed by atoms with van der Waals surface area (Å²) in [4.78, 5) is 84.6. The molecule has 86 heavy (non-hydrogen) atoms. The molecule has 0 spiro atoms. The number of likely N-dealkylation sites (tertiary alicyclic amines) is 1. The van der Waals surface area contributed by atoms with Gasteiger partial charge in [-0.25, -0.2) is 0 Å². The molecule has 0 atom stereocenters. The number of allylic oxidation sites excluding steroid dienone is 2. The summed E-state index contributed by atoms with van der Waals surface area (Å²) in [6, 6.07) is 10.5. The highest BCUT2D eigenvalue weighted by atomic mass is 16.3. The Labute approximate surface area is 539 Å². The minimum absolute atomic E-state index is 0. The summed E-state index contributed by atoms with van der Waals surface area (Å²) in [6.07, 6.45) is 13.9. The molecule has 22 N–H and O–H groups in total. The summed E-state index contributed by atoms with van der Waals surface area (Å²) in [6.45, 7) is 75.8. The number of amides is 1. The lowest BCUT2D eigenvalue weighted by atomic mass is 10.1. The van der Waals surface area contributed by atoms with Crippen LogP contribution >= 0.6 is 0 Å². The highest BCUT2D eigenvalue weighted by molar-refractivity contribution is 5.73. The summed E-state index contributed by atoms with van der Waals surface area (Å²) in [5.74, 6) is 3.77. The van der Waals surface area contributed by atoms with Gasteiger partial charge in [0.2, 0.25) is 5.91 Å². The Balaban J connectivity index is -0.0000000160. The number of aliphatic hydroxyl groups excluding tert-OH is 1. The van der Waals surface area contributed by atoms with Crippen LogP contribution in [0.15, 0.2) is 55.6 Å². The monoisotopic (exact) mass is 1260 g/mol. The van der Waals surface area contributed by atoms with Gasteiger partial charge in [0.05, 0.1) is 0 Å². The molecule has 1 fully saturated rings. The van der Waals surface area contributed by atoms with Crippen LogP contribution in [-0.2, 0) is 54.4 Å². The minimum atomic E-state index is -0.167. The first-order valence-corrected chi connectivity index (χ1v) is 28.1. The number of aryl methyl sites for hydroxylation is 1. The molecule has 1 aliphatic heterocycles. The van der Waals surface area contributed by atoms with Crippen molar-refractivity contribution in [1.29, 1.82) is 0 Å². The highest BCUT2D eigenvalue weighted by Crippen LogP contribution is 2.07. The minimum Gasteiger partial charge on any atom is -0.394 e. The van der Waals surface area contributed by atoms with E-state index in [1.165, 1.54) is 92.8 Å². The maximum atomic E-state index is 10.7. The van der Waals surface area contributed by atoms with E-state index >= 15 is 0 Å². The normalized spacial score (nSPS) is 7.12. The van der Waals surface area contributed by atoms with E-state index in [9.17, 15) is 4.79 Å². The van der Waals surface area contributed by atoms with Crippen molar-refractivity contribution in [2.75, 3.05) is 55.4 Å². The van der Waals surface area contributed by atoms with Crippen molar-refractivity contribution in [2.45, 2.75) is 224 Å². The van der Waals surface area contributed by atoms with Crippen LogP contribution in [0.1, 0.15) is 217 Å². The third kappa shape index (κ3) is 717. The predicted molar refractivity (Wildman–Crippen MR) is 395 cm³/mol. The molecule has 542 valence electrons. The maximum absolute atomic E-state index is 10.7. The Morgan fingerprint density at radius 1 is 0.419 bits per heavy atom. The Bertz CT molecular complexity index is 789. The quantitative estimate of drug-likeness (QED) is 0.122. The fourth-order valence-electron chi connectivity index (χ4n) is 1.92. The lowest BCUT2D eigenvalue weighted by Gasteiger charge is -2.24. The Hall–Kier alpha value is -5.20. The molecule has 0 bridgehead atoms. The summed E-state index contributed by atoms with van der Waals surface area (Å²) >= 11 is 0. The van der Waals surface area contributed by atoms with Gasteiger partial charge in [-0.3, -0.25) is 4.79 Å². The van der Waals surface area contributed by atoms with Crippen LogP contribution in [0.25, 0.3) is 0 Å². The van der Waals surface area contributed by atoms with Crippen molar-refractivity contribution in [3.05, 3.63) is 61.2 Å². The number of hydrogen-bond acceptors (Lipinski definition) is 20. The lowest BCUT2D eigenvalue weighted by Crippen LogP contribution is -2.33. The molecule has 0 unspecified atom stereocenters. The van der Waals surface area contributed by atoms with E-state index in [-0.39, 0.29) is 30.5 Å². The molecule has 0 saturated carbocycles. The van der Waals surface area contributed by atoms with Crippen LogP contribution < -0.4 is 52.9 Å². The van der Waals surface area contributed by atoms with Gasteiger partial charge in [-0.1, -0.05) is 200 Å². The molecule has 1 amide bonds. The zero-order valence-corrected chi connectivity index (χ0v) is 63.3. The van der Waals surface area contributed by atoms with Crippen LogP contribution in [0.2, 0.25) is 0 Å². The summed E-state index contributed by atoms with van der Waals surface area (Å²) < 4.78 is 0. The highest BCUT2D eigenvalue weighted by Gasteiger charge is 2.11. The SMILES string of the molecule is C/C=C\C.C=C.C=O.C=O.C=O.C=O.C=O.C=O.C=O.C=O.C=O.CC.CC.CC.CC(=O)N1CCCCC1.CC(C)O.CCC(C)C.CCC(C)C.CCC(C)C.CCC(C)C.CCc1ccccc1.CN.CN.CN.CN.CN.CN.N.N.N. The number of benzene rings is 1. The van der Waals surface area contributed by atoms with Crippen LogP contribution in [0.3, 0.4) is 0 Å². The average molecular weight is 1260 g/mol. The molecule has 1 aromatic carbocycles. The van der Waals surface area contributed by atoms with Crippen LogP contribution in [-0.4, -0.2) is 138 Å². The first-order chi connectivity index (χ1) is 40.0. The van der Waals surface area contributed by atoms with E-state index in [1.54, 1.807) is 20.8 Å². The maximum Gasteiger partial charge on any atom is 0.219 e. The third-order valence-electron chi connectivity index (χ3n) is 6.65. The van der Waals surface area contributed by atoms with Crippen molar-refractivity contribution in [2.24, 2.45) is 58.1 Å². The molecule has 1 heterocycles. The van der Waals surface area contributed by atoms with E-state index in [0.29, 0.717) is 0 Å². The van der Waals surface area contributed by atoms with Crippen molar-refractivity contribution in [1.82, 2.24) is 23.4 Å². The van der Waals surface area contributed by atoms with E-state index < -0.39 is 0 Å². The lowest BCUT2D eigenvalue weighted by molar-refractivity contribution is -0.129. The standard InChI is InChI=1S/C8H10.C7H13NO.4C5H12.C4H8.C3H8O.3C2H6.C2H4.6CH5N.9CH2O.3H3N/c1-2-8-6-4-3-5-7-8;1-7(9)8-5-3-2-4-6-8;4*1-4-5(2)3;1-3-4-2;1-3(2)4;19*1-2;;;/h3-7H,2H2,1H3;2-6H2,1H3;4*5H,4H2,1-3H3;2*3-4H,1-2H3;3*1-2H3;1-2H2;6*2H2,1H3;9*1H2;3*1H3/b;;;;;;4-3-;;;;;;;;;;;;;;;;;;;;;;;. The van der Waals surface area contributed by atoms with Gasteiger partial charge in [-0.05, 0) is 125 Å². The van der Waals surface area contributed by atoms with Gasteiger partial charge in [-0.2, -0.15) is 0 Å². The summed E-state index contributed by atoms with van der Waals surface area (Å²) in [5, 5.41) is 8.06. The predicted octanol–water partition coefficient (Wildman–Crippen LogP) is 13.6. The van der Waals surface area contributed by atoms with Gasteiger partial charge in [0, 0.05) is 26.1 Å². The zero-order valence-electron chi connectivity index (χ0n) is 63.3. The Morgan fingerprint density at radius 2 is 0.558 bits per heavy atom. The molecule has 0 aliphatic carbocycles. The van der Waals surface area contributed by atoms with Crippen molar-refractivity contribution < 1.29 is 53.1 Å². The first-order valence-electron chi connectivity index (χ1n) is 28.1. The largest absolute Gasteiger partial charge is 0.394 e. The molecule has 0 radical (unpaired) electrons. The number of rotatable bonds is 5. The van der Waals surface area contributed by atoms with E-state index in [4.69, 9.17) is 48.3 Å². The van der Waals surface area contributed by atoms with E-state index in [2.05, 4.69) is 162 Å². The van der Waals surface area contributed by atoms with Crippen LogP contribution in [0, 0.1) is 23.7 Å². The molecule has 1 saturated heterocycles. The van der Waals surface area contributed by atoms with Gasteiger partial charge in [0.15, 0.2) is 0 Å². The molecule has 21 nitrogen and oxygen atoms in total. The van der Waals surface area contributed by atoms with E-state index in [1.807, 2.05) is 140 Å². The van der Waals surface area contributed by atoms with Crippen LogP contribution in [0.4, 0.5) is 0 Å². The molecule has 21 heteroatoms. The van der Waals surface area contributed by atoms with Gasteiger partial charge in [-0.15, -0.1) is 13.2 Å². The number of piperidine rings is 1. The molecular formula is C65H166N10O11. The number of nitrogens with two attached hydrogens (primary N) is 6. The fourth-order valence-corrected chi connectivity index (χ4v) is 1.92. The van der Waals surface area contributed by atoms with Gasteiger partial charge < -0.3 is 106 Å². The summed E-state index contributed by atoms with van der Waals surface area (Å²) in [7, 11) is 9.00. The average Bonchev–Trinajstić information content (AvgIpc) is 3.60. The number of carbonyl (C=O) groups excluding carboxylic acids is 10. The second kappa shape index (κ2) is 387. The number of hydrogen-bond donors (Lipinski definition) is 10. The Kier molecular flexibility index (Phi) is 830. The first kappa shape index (κ1) is 185. The van der Waals surface area contributed by atoms with Crippen LogP contribution in [0.5, 0.6) is 0 Å². The second-order valence-corrected chi connectivity index (χ2v) is 13.4. The molecule has 1 aromatic rings. The smallest absolute Gasteiger partial charge is 0.219 e. The van der Waals surface area contributed by atoms with Crippen molar-refractivity contribution in [3.63, 3.8) is 0 Å². The van der Waals surface area contributed by atoms with Crippen molar-refractivity contribution in [3.8, 4) is 0 Å². The number of aliphatic hydroxyl groups is 1. The van der Waals surface area contributed by atoms with E-state index in [0.717, 1.165) is 43.2 Å². The third-order valence-corrected chi connectivity index (χ3v) is 6.65. The van der Waals surface area contributed by atoms with Crippen molar-refractivity contribution >= 4 is 67.0 Å². The molecular weight excluding hydrogens is 1100 g/mol. The topological polar surface area (TPSA) is 455 Å². The number of nitrogens with zero attached hydrogens (tertiary/aromatic N) is 1. The zero-order chi connectivity index (χ0) is 74.6.